The lowest BCUT2D eigenvalue weighted by atomic mass is 10.3. The zero-order valence-corrected chi connectivity index (χ0v) is 13.1. The van der Waals surface area contributed by atoms with Crippen LogP contribution in [0.15, 0.2) is 36.5 Å². The van der Waals surface area contributed by atoms with Gasteiger partial charge in [0.1, 0.15) is 0 Å². The largest absolute Gasteiger partial charge is 0.368 e. The van der Waals surface area contributed by atoms with Gasteiger partial charge in [-0.2, -0.15) is 15.0 Å². The molecule has 0 unspecified atom stereocenters. The van der Waals surface area contributed by atoms with Gasteiger partial charge in [0.05, 0.1) is 0 Å². The van der Waals surface area contributed by atoms with Crippen molar-refractivity contribution in [2.24, 2.45) is 0 Å². The molecule has 6 nitrogen and oxygen atoms in total. The number of nitrogens with one attached hydrogen (secondary N) is 1. The minimum absolute atomic E-state index is 0.178. The van der Waals surface area contributed by atoms with E-state index >= 15 is 0 Å². The number of anilines is 3. The molecule has 114 valence electrons. The fourth-order valence-electron chi connectivity index (χ4n) is 1.68. The van der Waals surface area contributed by atoms with Crippen LogP contribution in [0.5, 0.6) is 0 Å². The van der Waals surface area contributed by atoms with Crippen molar-refractivity contribution >= 4 is 17.8 Å². The molecule has 0 saturated carbocycles. The van der Waals surface area contributed by atoms with Crippen molar-refractivity contribution in [3.8, 4) is 0 Å². The summed E-state index contributed by atoms with van der Waals surface area (Å²) < 4.78 is 0. The van der Waals surface area contributed by atoms with Gasteiger partial charge >= 0.3 is 0 Å². The van der Waals surface area contributed by atoms with Gasteiger partial charge in [-0.1, -0.05) is 36.5 Å². The summed E-state index contributed by atoms with van der Waals surface area (Å²) in [6, 6.07) is 0. The van der Waals surface area contributed by atoms with Crippen molar-refractivity contribution in [2.45, 2.75) is 20.8 Å². The predicted molar refractivity (Wildman–Crippen MR) is 89.4 cm³/mol. The Morgan fingerprint density at radius 2 is 1.57 bits per heavy atom. The minimum atomic E-state index is 0.178. The number of nitrogens with zero attached hydrogens (tertiary/aromatic N) is 4. The van der Waals surface area contributed by atoms with Crippen molar-refractivity contribution in [2.75, 3.05) is 35.6 Å². The molecule has 0 aromatic carbocycles. The van der Waals surface area contributed by atoms with Crippen LogP contribution >= 0.6 is 0 Å². The monoisotopic (exact) mass is 288 g/mol. The molecule has 0 fully saturated rings. The Kier molecular flexibility index (Phi) is 5.90. The second-order valence-electron chi connectivity index (χ2n) is 5.40. The second kappa shape index (κ2) is 7.42. The maximum atomic E-state index is 5.77. The van der Waals surface area contributed by atoms with E-state index < -0.39 is 0 Å². The Morgan fingerprint density at radius 3 is 2.05 bits per heavy atom. The Balaban J connectivity index is 3.03. The normalized spacial score (nSPS) is 10.0. The molecular formula is C15H24N6. The van der Waals surface area contributed by atoms with Crippen molar-refractivity contribution in [1.29, 1.82) is 0 Å². The first kappa shape index (κ1) is 16.7. The van der Waals surface area contributed by atoms with Crippen LogP contribution in [0.25, 0.3) is 0 Å². The summed E-state index contributed by atoms with van der Waals surface area (Å²) in [5.74, 6) is 1.13. The third-order valence-electron chi connectivity index (χ3n) is 2.39. The van der Waals surface area contributed by atoms with E-state index in [2.05, 4.69) is 40.0 Å². The number of nitrogens with two attached hydrogens (primary N) is 1. The Morgan fingerprint density at radius 1 is 1.00 bits per heavy atom. The molecule has 0 aliphatic carbocycles. The van der Waals surface area contributed by atoms with Gasteiger partial charge in [0, 0.05) is 19.6 Å². The number of hydrogen-bond acceptors (Lipinski definition) is 6. The van der Waals surface area contributed by atoms with Gasteiger partial charge in [0.15, 0.2) is 0 Å². The summed E-state index contributed by atoms with van der Waals surface area (Å²) in [7, 11) is 0. The molecule has 1 rings (SSSR count). The molecule has 0 spiro atoms. The van der Waals surface area contributed by atoms with E-state index in [1.54, 1.807) is 0 Å². The fraction of sp³-hybridized carbons (Fsp3) is 0.400. The summed E-state index contributed by atoms with van der Waals surface area (Å²) in [4.78, 5) is 14.7. The van der Waals surface area contributed by atoms with E-state index in [-0.39, 0.29) is 5.95 Å². The molecule has 3 N–H and O–H groups in total. The van der Waals surface area contributed by atoms with Gasteiger partial charge in [-0.05, 0) is 20.8 Å². The summed E-state index contributed by atoms with van der Waals surface area (Å²) in [6.45, 7) is 19.4. The van der Waals surface area contributed by atoms with E-state index in [0.717, 1.165) is 16.7 Å². The molecule has 0 aliphatic rings. The minimum Gasteiger partial charge on any atom is -0.368 e. The molecule has 1 heterocycles. The molecule has 6 heteroatoms. The smallest absolute Gasteiger partial charge is 0.232 e. The van der Waals surface area contributed by atoms with Crippen LogP contribution in [0.1, 0.15) is 20.8 Å². The van der Waals surface area contributed by atoms with Crippen LogP contribution in [0, 0.1) is 0 Å². The maximum absolute atomic E-state index is 5.77. The van der Waals surface area contributed by atoms with E-state index in [1.807, 2.05) is 25.7 Å². The van der Waals surface area contributed by atoms with Gasteiger partial charge in [0.2, 0.25) is 17.8 Å². The quantitative estimate of drug-likeness (QED) is 0.715. The first-order valence-corrected chi connectivity index (χ1v) is 6.71. The van der Waals surface area contributed by atoms with E-state index in [0.29, 0.717) is 31.5 Å². The fourth-order valence-corrected chi connectivity index (χ4v) is 1.68. The lowest BCUT2D eigenvalue weighted by Crippen LogP contribution is -2.29. The zero-order chi connectivity index (χ0) is 16.0. The van der Waals surface area contributed by atoms with Crippen LogP contribution in [-0.2, 0) is 0 Å². The molecule has 0 amide bonds. The van der Waals surface area contributed by atoms with Gasteiger partial charge in [0.25, 0.3) is 0 Å². The summed E-state index contributed by atoms with van der Waals surface area (Å²) in [5, 5.41) is 3.07. The summed E-state index contributed by atoms with van der Waals surface area (Å²) >= 11 is 0. The molecule has 0 aliphatic heterocycles. The zero-order valence-electron chi connectivity index (χ0n) is 13.1. The van der Waals surface area contributed by atoms with Crippen molar-refractivity contribution in [3.63, 3.8) is 0 Å². The highest BCUT2D eigenvalue weighted by Crippen LogP contribution is 2.14. The van der Waals surface area contributed by atoms with Crippen LogP contribution in [0.4, 0.5) is 17.8 Å². The number of rotatable bonds is 8. The van der Waals surface area contributed by atoms with Crippen molar-refractivity contribution in [3.05, 3.63) is 36.5 Å². The molecule has 1 aromatic heterocycles. The summed E-state index contributed by atoms with van der Waals surface area (Å²) in [6.07, 6.45) is 0. The topological polar surface area (TPSA) is 80.0 Å². The van der Waals surface area contributed by atoms with Gasteiger partial charge in [-0.25, -0.2) is 0 Å². The van der Waals surface area contributed by atoms with Crippen LogP contribution in [0.2, 0.25) is 0 Å². The molecule has 0 saturated heterocycles. The standard InChI is InChI=1S/C15H24N6/c1-10(2)7-17-14-18-13(16)19-15(20-14)21(8-11(3)4)9-12(5)6/h1,3,5,7-9H2,2,4,6H3,(H3,16,17,18,19,20). The maximum Gasteiger partial charge on any atom is 0.232 e. The summed E-state index contributed by atoms with van der Waals surface area (Å²) in [5.41, 5.74) is 8.76. The highest BCUT2D eigenvalue weighted by Gasteiger charge is 2.13. The number of nitrogen functional groups attached to an aromatic ring is 1. The molecule has 0 radical (unpaired) electrons. The number of hydrogen-bond donors (Lipinski definition) is 2. The molecule has 0 atom stereocenters. The average molecular weight is 288 g/mol. The average Bonchev–Trinajstić information content (AvgIpc) is 2.33. The lowest BCUT2D eigenvalue weighted by Gasteiger charge is -2.23. The Labute approximate surface area is 126 Å². The third-order valence-corrected chi connectivity index (χ3v) is 2.39. The Hall–Kier alpha value is -2.37. The highest BCUT2D eigenvalue weighted by molar-refractivity contribution is 5.44. The van der Waals surface area contributed by atoms with Crippen LogP contribution < -0.4 is 16.0 Å². The molecule has 0 bridgehead atoms. The third kappa shape index (κ3) is 6.07. The van der Waals surface area contributed by atoms with Crippen molar-refractivity contribution in [1.82, 2.24) is 15.0 Å². The predicted octanol–water partition coefficient (Wildman–Crippen LogP) is 2.40. The van der Waals surface area contributed by atoms with Crippen molar-refractivity contribution < 1.29 is 0 Å². The molecular weight excluding hydrogens is 264 g/mol. The van der Waals surface area contributed by atoms with Crippen LogP contribution in [0.3, 0.4) is 0 Å². The highest BCUT2D eigenvalue weighted by atomic mass is 15.3. The van der Waals surface area contributed by atoms with Gasteiger partial charge in [-0.3, -0.25) is 0 Å². The van der Waals surface area contributed by atoms with Crippen LogP contribution in [-0.4, -0.2) is 34.6 Å². The lowest BCUT2D eigenvalue weighted by molar-refractivity contribution is 0.837. The van der Waals surface area contributed by atoms with Gasteiger partial charge in [-0.15, -0.1) is 0 Å². The second-order valence-corrected chi connectivity index (χ2v) is 5.40. The van der Waals surface area contributed by atoms with E-state index in [9.17, 15) is 0 Å². The first-order chi connectivity index (χ1) is 9.77. The SMILES string of the molecule is C=C(C)CNc1nc(N)nc(N(CC(=C)C)CC(=C)C)n1. The molecule has 1 aromatic rings. The molecule has 21 heavy (non-hydrogen) atoms. The van der Waals surface area contributed by atoms with E-state index in [1.165, 1.54) is 0 Å². The van der Waals surface area contributed by atoms with E-state index in [4.69, 9.17) is 5.73 Å². The van der Waals surface area contributed by atoms with Gasteiger partial charge < -0.3 is 16.0 Å². The number of aromatic nitrogens is 3. The first-order valence-electron chi connectivity index (χ1n) is 6.71. The Bertz CT molecular complexity index is 533.